The van der Waals surface area contributed by atoms with Crippen molar-refractivity contribution in [3.63, 3.8) is 0 Å². The van der Waals surface area contributed by atoms with E-state index in [0.717, 1.165) is 115 Å². The van der Waals surface area contributed by atoms with Crippen molar-refractivity contribution < 1.29 is 9.53 Å². The lowest BCUT2D eigenvalue weighted by Crippen LogP contribution is -2.63. The minimum atomic E-state index is -0.0918. The molecule has 4 aliphatic heterocycles. The number of amides is 2. The zero-order chi connectivity index (χ0) is 36.8. The number of anilines is 5. The van der Waals surface area contributed by atoms with Gasteiger partial charge in [0.25, 0.3) is 0 Å². The molecule has 0 saturated carbocycles. The maximum atomic E-state index is 12.5. The normalized spacial score (nSPS) is 18.1. The van der Waals surface area contributed by atoms with E-state index >= 15 is 0 Å². The highest BCUT2D eigenvalue weighted by atomic mass is 16.5. The molecular weight excluding hydrogens is 677 g/mol. The van der Waals surface area contributed by atoms with Crippen LogP contribution in [-0.4, -0.2) is 95.8 Å². The molecule has 2 amide bonds. The highest BCUT2D eigenvalue weighted by Gasteiger charge is 2.34. The first-order valence-electron chi connectivity index (χ1n) is 18.9. The van der Waals surface area contributed by atoms with E-state index in [4.69, 9.17) is 9.72 Å². The molecule has 5 aromatic rings. The Balaban J connectivity index is 0.761. The third-order valence-electron chi connectivity index (χ3n) is 11.2. The Kier molecular flexibility index (Phi) is 9.00. The molecule has 2 aromatic heterocycles. The van der Waals surface area contributed by atoms with Crippen LogP contribution in [0.25, 0.3) is 22.0 Å². The maximum Gasteiger partial charge on any atom is 0.326 e. The van der Waals surface area contributed by atoms with Crippen LogP contribution in [0.2, 0.25) is 0 Å². The number of carbonyl (C=O) groups is 1. The molecule has 9 rings (SSSR count). The summed E-state index contributed by atoms with van der Waals surface area (Å²) in [5, 5.41) is 10.7. The number of piperazine rings is 1. The zero-order valence-electron chi connectivity index (χ0n) is 30.9. The van der Waals surface area contributed by atoms with Crippen molar-refractivity contribution >= 4 is 45.6 Å². The Labute approximate surface area is 315 Å². The number of benzene rings is 3. The lowest BCUT2D eigenvalue weighted by molar-refractivity contribution is 0.0796. The van der Waals surface area contributed by atoms with Crippen LogP contribution in [0.4, 0.5) is 33.5 Å². The highest BCUT2D eigenvalue weighted by molar-refractivity contribution is 5.95. The zero-order valence-corrected chi connectivity index (χ0v) is 30.9. The number of ether oxygens (including phenoxy) is 1. The SMILES string of the molecule is C=C1CCN(c2ccc(N3CC(N4CCN(Cc5ccc(Nc6ncc7ccc(-c8cnc9c(c8C)NCCO9)cc7n6)cc5)CC4)C3)cc2C)C(=O)N1. The van der Waals surface area contributed by atoms with Gasteiger partial charge in [-0.3, -0.25) is 14.7 Å². The number of fused-ring (bicyclic) bond motifs is 2. The van der Waals surface area contributed by atoms with Gasteiger partial charge >= 0.3 is 6.03 Å². The van der Waals surface area contributed by atoms with Gasteiger partial charge in [0.1, 0.15) is 12.3 Å². The van der Waals surface area contributed by atoms with Crippen molar-refractivity contribution in [1.82, 2.24) is 30.1 Å². The van der Waals surface area contributed by atoms with Crippen molar-refractivity contribution in [3.05, 3.63) is 102 Å². The number of rotatable bonds is 8. The first-order chi connectivity index (χ1) is 26.3. The van der Waals surface area contributed by atoms with Gasteiger partial charge in [-0.25, -0.2) is 19.7 Å². The van der Waals surface area contributed by atoms with Crippen LogP contribution in [0.3, 0.4) is 0 Å². The number of nitrogens with one attached hydrogen (secondary N) is 3. The number of carbonyl (C=O) groups excluding carboxylic acids is 1. The molecule has 3 saturated heterocycles. The maximum absolute atomic E-state index is 12.5. The minimum Gasteiger partial charge on any atom is -0.474 e. The average molecular weight is 723 g/mol. The average Bonchev–Trinajstić information content (AvgIpc) is 3.16. The van der Waals surface area contributed by atoms with Crippen LogP contribution in [-0.2, 0) is 6.54 Å². The van der Waals surface area contributed by atoms with Gasteiger partial charge in [0, 0.05) is 117 Å². The molecule has 0 radical (unpaired) electrons. The number of aryl methyl sites for hydroxylation is 1. The molecule has 12 heteroatoms. The van der Waals surface area contributed by atoms with Gasteiger partial charge in [0.05, 0.1) is 5.52 Å². The van der Waals surface area contributed by atoms with E-state index in [1.807, 2.05) is 17.3 Å². The lowest BCUT2D eigenvalue weighted by Gasteiger charge is -2.49. The van der Waals surface area contributed by atoms with E-state index < -0.39 is 0 Å². The smallest absolute Gasteiger partial charge is 0.326 e. The van der Waals surface area contributed by atoms with Gasteiger partial charge < -0.3 is 25.6 Å². The summed E-state index contributed by atoms with van der Waals surface area (Å²) in [7, 11) is 0. The second-order valence-corrected chi connectivity index (χ2v) is 14.8. The first kappa shape index (κ1) is 34.1. The Bertz CT molecular complexity index is 2230. The standard InChI is InChI=1S/C42H46N10O2/c1-27-20-34(10-11-38(27)52-14-12-28(2)46-42(52)53)51-25-35(26-51)50-17-15-49(16-18-50)24-30-4-8-33(9-5-30)47-41-45-22-32-7-6-31(21-37(32)48-41)36-23-44-40-39(29(36)3)43-13-19-54-40/h4-11,20-23,35,43H,2,12-19,24-26H2,1,3H3,(H,46,53)(H,45,47,48). The molecule has 0 atom stereocenters. The van der Waals surface area contributed by atoms with Crippen LogP contribution in [0.5, 0.6) is 5.88 Å². The molecule has 4 aliphatic rings. The van der Waals surface area contributed by atoms with Gasteiger partial charge in [-0.1, -0.05) is 30.8 Å². The molecule has 54 heavy (non-hydrogen) atoms. The van der Waals surface area contributed by atoms with Crippen LogP contribution in [0.1, 0.15) is 23.1 Å². The van der Waals surface area contributed by atoms with E-state index in [-0.39, 0.29) is 6.03 Å². The number of hydrogen-bond acceptors (Lipinski definition) is 10. The number of nitrogens with zero attached hydrogens (tertiary/aromatic N) is 7. The summed E-state index contributed by atoms with van der Waals surface area (Å²) in [6, 6.07) is 21.8. The molecule has 0 bridgehead atoms. The van der Waals surface area contributed by atoms with E-state index in [0.29, 0.717) is 31.0 Å². The molecule has 3 fully saturated rings. The van der Waals surface area contributed by atoms with Gasteiger partial charge in [-0.2, -0.15) is 0 Å². The van der Waals surface area contributed by atoms with E-state index in [9.17, 15) is 4.79 Å². The number of urea groups is 1. The number of pyridine rings is 1. The fourth-order valence-corrected chi connectivity index (χ4v) is 8.03. The van der Waals surface area contributed by atoms with Crippen LogP contribution >= 0.6 is 0 Å². The molecule has 6 heterocycles. The summed E-state index contributed by atoms with van der Waals surface area (Å²) in [4.78, 5) is 36.0. The summed E-state index contributed by atoms with van der Waals surface area (Å²) in [6.45, 7) is 17.5. The van der Waals surface area contributed by atoms with Gasteiger partial charge in [0.15, 0.2) is 0 Å². The fourth-order valence-electron chi connectivity index (χ4n) is 8.03. The predicted octanol–water partition coefficient (Wildman–Crippen LogP) is 6.30. The van der Waals surface area contributed by atoms with Gasteiger partial charge in [0.2, 0.25) is 11.8 Å². The summed E-state index contributed by atoms with van der Waals surface area (Å²) in [6.07, 6.45) is 4.52. The van der Waals surface area contributed by atoms with E-state index in [1.54, 1.807) is 0 Å². The van der Waals surface area contributed by atoms with Crippen LogP contribution in [0, 0.1) is 13.8 Å². The Morgan fingerprint density at radius 1 is 0.944 bits per heavy atom. The Hall–Kier alpha value is -5.72. The largest absolute Gasteiger partial charge is 0.474 e. The lowest BCUT2D eigenvalue weighted by atomic mass is 10.00. The third-order valence-corrected chi connectivity index (χ3v) is 11.2. The second kappa shape index (κ2) is 14.3. The summed E-state index contributed by atoms with van der Waals surface area (Å²) < 4.78 is 5.72. The molecule has 3 N–H and O–H groups in total. The molecule has 0 spiro atoms. The molecule has 0 unspecified atom stereocenters. The van der Waals surface area contributed by atoms with Crippen LogP contribution < -0.4 is 30.5 Å². The predicted molar refractivity (Wildman–Crippen MR) is 215 cm³/mol. The molecule has 0 aliphatic carbocycles. The molecule has 3 aromatic carbocycles. The Morgan fingerprint density at radius 3 is 2.57 bits per heavy atom. The monoisotopic (exact) mass is 722 g/mol. The molecular formula is C42H46N10O2. The fraction of sp³-hybridized carbons (Fsp3) is 0.333. The third kappa shape index (κ3) is 6.78. The van der Waals surface area contributed by atoms with E-state index in [1.165, 1.54) is 11.3 Å². The topological polar surface area (TPSA) is 114 Å². The van der Waals surface area contributed by atoms with Crippen molar-refractivity contribution in [2.24, 2.45) is 0 Å². The number of hydrogen-bond donors (Lipinski definition) is 3. The van der Waals surface area contributed by atoms with Crippen molar-refractivity contribution in [2.45, 2.75) is 32.9 Å². The van der Waals surface area contributed by atoms with Gasteiger partial charge in [-0.15, -0.1) is 0 Å². The number of aromatic nitrogens is 3. The first-order valence-corrected chi connectivity index (χ1v) is 18.9. The summed E-state index contributed by atoms with van der Waals surface area (Å²) in [5.41, 5.74) is 11.4. The second-order valence-electron chi connectivity index (χ2n) is 14.8. The van der Waals surface area contributed by atoms with Crippen molar-refractivity contribution in [1.29, 1.82) is 0 Å². The Morgan fingerprint density at radius 2 is 1.78 bits per heavy atom. The van der Waals surface area contributed by atoms with Gasteiger partial charge in [-0.05, 0) is 72.5 Å². The molecule has 276 valence electrons. The molecule has 12 nitrogen and oxygen atoms in total. The summed E-state index contributed by atoms with van der Waals surface area (Å²) >= 11 is 0. The van der Waals surface area contributed by atoms with Crippen LogP contribution in [0.15, 0.2) is 85.3 Å². The van der Waals surface area contributed by atoms with Crippen molar-refractivity contribution in [2.75, 3.05) is 79.4 Å². The minimum absolute atomic E-state index is 0.0918. The summed E-state index contributed by atoms with van der Waals surface area (Å²) in [5.74, 6) is 1.23. The van der Waals surface area contributed by atoms with E-state index in [2.05, 4.69) is 122 Å². The van der Waals surface area contributed by atoms with Crippen molar-refractivity contribution in [3.8, 4) is 17.0 Å². The quantitative estimate of drug-likeness (QED) is 0.169. The highest BCUT2D eigenvalue weighted by Crippen LogP contribution is 2.36.